The molecule has 0 aliphatic heterocycles. The van der Waals surface area contributed by atoms with Crippen LogP contribution < -0.4 is 10.1 Å². The van der Waals surface area contributed by atoms with E-state index in [9.17, 15) is 13.9 Å². The number of nitrogens with one attached hydrogen (secondary N) is 1. The van der Waals surface area contributed by atoms with Crippen molar-refractivity contribution < 1.29 is 18.6 Å². The lowest BCUT2D eigenvalue weighted by Crippen LogP contribution is -2.01. The van der Waals surface area contributed by atoms with Gasteiger partial charge in [0.05, 0.1) is 7.11 Å². The van der Waals surface area contributed by atoms with Gasteiger partial charge in [0.1, 0.15) is 11.6 Å². The summed E-state index contributed by atoms with van der Waals surface area (Å²) in [5.41, 5.74) is 0.722. The molecule has 20 heavy (non-hydrogen) atoms. The molecule has 0 bridgehead atoms. The van der Waals surface area contributed by atoms with Crippen molar-refractivity contribution in [3.8, 4) is 11.5 Å². The van der Waals surface area contributed by atoms with Gasteiger partial charge in [-0.2, -0.15) is 0 Å². The van der Waals surface area contributed by atoms with E-state index in [1.54, 1.807) is 6.07 Å². The Kier molecular flexibility index (Phi) is 4.29. The van der Waals surface area contributed by atoms with Crippen LogP contribution in [0.5, 0.6) is 11.5 Å². The number of phenolic OH excluding ortho intramolecular Hbond substituents is 1. The van der Waals surface area contributed by atoms with Crippen molar-refractivity contribution in [1.82, 2.24) is 0 Å². The first-order chi connectivity index (χ1) is 9.49. The molecule has 0 aliphatic rings. The zero-order valence-corrected chi connectivity index (χ0v) is 11.3. The number of methoxy groups -OCH3 is 1. The largest absolute Gasteiger partial charge is 0.504 e. The third-order valence-electron chi connectivity index (χ3n) is 2.68. The molecule has 0 aliphatic carbocycles. The van der Waals surface area contributed by atoms with Crippen LogP contribution in [-0.2, 0) is 6.54 Å². The van der Waals surface area contributed by atoms with Gasteiger partial charge in [0.25, 0.3) is 0 Å². The van der Waals surface area contributed by atoms with E-state index in [1.165, 1.54) is 13.2 Å². The van der Waals surface area contributed by atoms with Gasteiger partial charge in [-0.25, -0.2) is 8.78 Å². The van der Waals surface area contributed by atoms with Crippen molar-refractivity contribution in [2.24, 2.45) is 0 Å². The van der Waals surface area contributed by atoms with Gasteiger partial charge < -0.3 is 15.2 Å². The molecule has 106 valence electrons. The van der Waals surface area contributed by atoms with Crippen molar-refractivity contribution in [3.05, 3.63) is 52.6 Å². The summed E-state index contributed by atoms with van der Waals surface area (Å²) in [6, 6.07) is 6.11. The highest BCUT2D eigenvalue weighted by molar-refractivity contribution is 6.30. The summed E-state index contributed by atoms with van der Waals surface area (Å²) in [7, 11) is 1.41. The molecule has 2 N–H and O–H groups in total. The first kappa shape index (κ1) is 14.4. The topological polar surface area (TPSA) is 41.5 Å². The Morgan fingerprint density at radius 2 is 1.80 bits per heavy atom. The van der Waals surface area contributed by atoms with E-state index in [0.717, 1.165) is 18.2 Å². The van der Waals surface area contributed by atoms with Crippen LogP contribution in [0, 0.1) is 11.6 Å². The molecule has 0 amide bonds. The lowest BCUT2D eigenvalue weighted by Gasteiger charge is -2.12. The second-order valence-corrected chi connectivity index (χ2v) is 4.56. The van der Waals surface area contributed by atoms with Crippen LogP contribution in [0.4, 0.5) is 14.5 Å². The number of anilines is 1. The number of hydrogen-bond donors (Lipinski definition) is 2. The molecule has 0 aromatic heterocycles. The highest BCUT2D eigenvalue weighted by Crippen LogP contribution is 2.33. The van der Waals surface area contributed by atoms with E-state index in [2.05, 4.69) is 5.32 Å². The summed E-state index contributed by atoms with van der Waals surface area (Å²) in [4.78, 5) is 0. The summed E-state index contributed by atoms with van der Waals surface area (Å²) >= 11 is 5.89. The molecule has 2 aromatic rings. The minimum Gasteiger partial charge on any atom is -0.504 e. The van der Waals surface area contributed by atoms with Crippen LogP contribution >= 0.6 is 11.6 Å². The number of benzene rings is 2. The Bertz CT molecular complexity index is 615. The zero-order chi connectivity index (χ0) is 14.7. The first-order valence-corrected chi connectivity index (χ1v) is 6.12. The highest BCUT2D eigenvalue weighted by Gasteiger charge is 2.10. The van der Waals surface area contributed by atoms with Gasteiger partial charge in [-0.05, 0) is 18.2 Å². The second-order valence-electron chi connectivity index (χ2n) is 4.13. The quantitative estimate of drug-likeness (QED) is 0.898. The summed E-state index contributed by atoms with van der Waals surface area (Å²) in [6.07, 6.45) is 0. The van der Waals surface area contributed by atoms with Crippen LogP contribution in [0.2, 0.25) is 5.02 Å². The average molecular weight is 300 g/mol. The minimum absolute atomic E-state index is 0.0683. The molecular weight excluding hydrogens is 288 g/mol. The molecule has 0 saturated heterocycles. The van der Waals surface area contributed by atoms with Crippen LogP contribution in [0.15, 0.2) is 30.3 Å². The van der Waals surface area contributed by atoms with Crippen molar-refractivity contribution >= 4 is 17.3 Å². The number of phenols is 1. The fourth-order valence-electron chi connectivity index (χ4n) is 1.77. The van der Waals surface area contributed by atoms with Gasteiger partial charge in [0.15, 0.2) is 11.5 Å². The Labute approximate surface area is 119 Å². The smallest absolute Gasteiger partial charge is 0.162 e. The van der Waals surface area contributed by atoms with Crippen LogP contribution in [0.3, 0.4) is 0 Å². The SMILES string of the molecule is COc1cc(Cl)cc(CNc2cc(F)cc(F)c2)c1O. The molecular formula is C14H12ClF2NO2. The lowest BCUT2D eigenvalue weighted by molar-refractivity contribution is 0.371. The Morgan fingerprint density at radius 3 is 2.40 bits per heavy atom. The van der Waals surface area contributed by atoms with Crippen molar-refractivity contribution in [2.45, 2.75) is 6.54 Å². The number of rotatable bonds is 4. The maximum atomic E-state index is 13.0. The molecule has 2 rings (SSSR count). The van der Waals surface area contributed by atoms with E-state index in [0.29, 0.717) is 10.6 Å². The monoisotopic (exact) mass is 299 g/mol. The van der Waals surface area contributed by atoms with E-state index in [1.807, 2.05) is 0 Å². The Morgan fingerprint density at radius 1 is 1.15 bits per heavy atom. The number of halogens is 3. The number of aromatic hydroxyl groups is 1. The van der Waals surface area contributed by atoms with Crippen LogP contribution in [0.1, 0.15) is 5.56 Å². The lowest BCUT2D eigenvalue weighted by atomic mass is 10.1. The average Bonchev–Trinajstić information content (AvgIpc) is 2.38. The van der Waals surface area contributed by atoms with Crippen molar-refractivity contribution in [2.75, 3.05) is 12.4 Å². The predicted molar refractivity (Wildman–Crippen MR) is 73.4 cm³/mol. The molecule has 0 radical (unpaired) electrons. The zero-order valence-electron chi connectivity index (χ0n) is 10.6. The van der Waals surface area contributed by atoms with E-state index in [-0.39, 0.29) is 23.7 Å². The molecule has 6 heteroatoms. The minimum atomic E-state index is -0.680. The molecule has 0 heterocycles. The molecule has 0 fully saturated rings. The maximum Gasteiger partial charge on any atom is 0.162 e. The normalized spacial score (nSPS) is 10.4. The van der Waals surface area contributed by atoms with Gasteiger partial charge in [-0.15, -0.1) is 0 Å². The molecule has 0 unspecified atom stereocenters. The van der Waals surface area contributed by atoms with Gasteiger partial charge in [-0.1, -0.05) is 11.6 Å². The third-order valence-corrected chi connectivity index (χ3v) is 2.90. The second kappa shape index (κ2) is 5.96. The summed E-state index contributed by atoms with van der Waals surface area (Å²) in [5, 5.41) is 13.1. The van der Waals surface area contributed by atoms with Gasteiger partial charge in [0, 0.05) is 35.0 Å². The summed E-state index contributed by atoms with van der Waals surface area (Å²) in [5.74, 6) is -1.19. The molecule has 2 aromatic carbocycles. The van der Waals surface area contributed by atoms with Crippen molar-refractivity contribution in [3.63, 3.8) is 0 Å². The summed E-state index contributed by atoms with van der Waals surface area (Å²) < 4.78 is 31.1. The Hall–Kier alpha value is -2.01. The molecule has 3 nitrogen and oxygen atoms in total. The third kappa shape index (κ3) is 3.30. The van der Waals surface area contributed by atoms with Crippen LogP contribution in [-0.4, -0.2) is 12.2 Å². The van der Waals surface area contributed by atoms with E-state index in [4.69, 9.17) is 16.3 Å². The van der Waals surface area contributed by atoms with Gasteiger partial charge >= 0.3 is 0 Å². The van der Waals surface area contributed by atoms with Crippen molar-refractivity contribution in [1.29, 1.82) is 0 Å². The number of hydrogen-bond acceptors (Lipinski definition) is 3. The molecule has 0 atom stereocenters. The van der Waals surface area contributed by atoms with Gasteiger partial charge in [-0.3, -0.25) is 0 Å². The van der Waals surface area contributed by atoms with Gasteiger partial charge in [0.2, 0.25) is 0 Å². The first-order valence-electron chi connectivity index (χ1n) is 5.75. The standard InChI is InChI=1S/C14H12ClF2NO2/c1-20-13-3-9(15)2-8(14(13)19)7-18-12-5-10(16)4-11(17)6-12/h2-6,18-19H,7H2,1H3. The highest BCUT2D eigenvalue weighted by atomic mass is 35.5. The van der Waals surface area contributed by atoms with E-state index < -0.39 is 11.6 Å². The molecule has 0 saturated carbocycles. The predicted octanol–water partition coefficient (Wildman–Crippen LogP) is 3.94. The van der Waals surface area contributed by atoms with E-state index >= 15 is 0 Å². The number of ether oxygens (including phenoxy) is 1. The maximum absolute atomic E-state index is 13.0. The fourth-order valence-corrected chi connectivity index (χ4v) is 2.00. The fraction of sp³-hybridized carbons (Fsp3) is 0.143. The van der Waals surface area contributed by atoms with Crippen LogP contribution in [0.25, 0.3) is 0 Å². The summed E-state index contributed by atoms with van der Waals surface area (Å²) in [6.45, 7) is 0.144. The Balaban J connectivity index is 2.20. The molecule has 0 spiro atoms.